The molecule has 0 amide bonds. The normalized spacial score (nSPS) is 18.4. The van der Waals surface area contributed by atoms with Crippen LogP contribution < -0.4 is 5.32 Å². The lowest BCUT2D eigenvalue weighted by Gasteiger charge is -2.36. The smallest absolute Gasteiger partial charge is 0.145 e. The summed E-state index contributed by atoms with van der Waals surface area (Å²) >= 11 is 0. The van der Waals surface area contributed by atoms with Gasteiger partial charge in [0.1, 0.15) is 5.82 Å². The van der Waals surface area contributed by atoms with Gasteiger partial charge < -0.3 is 10.4 Å². The largest absolute Gasteiger partial charge is 0.394 e. The van der Waals surface area contributed by atoms with E-state index in [1.165, 1.54) is 6.42 Å². The molecule has 0 radical (unpaired) electrons. The number of nitrogens with zero attached hydrogens (tertiary/aromatic N) is 2. The predicted octanol–water partition coefficient (Wildman–Crippen LogP) is 2.74. The second-order valence-corrected chi connectivity index (χ2v) is 5.37. The number of anilines is 1. The number of fused-ring (bicyclic) bond motifs is 1. The summed E-state index contributed by atoms with van der Waals surface area (Å²) in [4.78, 5) is 8.98. The fraction of sp³-hybridized carbons (Fsp3) is 0.467. The van der Waals surface area contributed by atoms with Gasteiger partial charge in [0.15, 0.2) is 0 Å². The summed E-state index contributed by atoms with van der Waals surface area (Å²) in [7, 11) is 0. The summed E-state index contributed by atoms with van der Waals surface area (Å²) in [6.07, 6.45) is 7.33. The predicted molar refractivity (Wildman–Crippen MR) is 76.1 cm³/mol. The minimum Gasteiger partial charge on any atom is -0.394 e. The van der Waals surface area contributed by atoms with Crippen LogP contribution in [0.5, 0.6) is 0 Å². The minimum atomic E-state index is -0.213. The van der Waals surface area contributed by atoms with Crippen LogP contribution in [0.4, 0.5) is 5.82 Å². The first-order valence-electron chi connectivity index (χ1n) is 6.92. The fourth-order valence-electron chi connectivity index (χ4n) is 2.84. The third-order valence-corrected chi connectivity index (χ3v) is 3.96. The van der Waals surface area contributed by atoms with E-state index in [0.717, 1.165) is 42.5 Å². The van der Waals surface area contributed by atoms with Crippen LogP contribution in [0.2, 0.25) is 0 Å². The molecular formula is C15H19N3O. The van der Waals surface area contributed by atoms with E-state index in [1.807, 2.05) is 24.3 Å². The molecule has 4 heteroatoms. The zero-order valence-electron chi connectivity index (χ0n) is 11.0. The Balaban J connectivity index is 1.87. The van der Waals surface area contributed by atoms with E-state index in [-0.39, 0.29) is 12.1 Å². The molecule has 2 aromatic rings. The van der Waals surface area contributed by atoms with Crippen LogP contribution in [-0.4, -0.2) is 27.2 Å². The van der Waals surface area contributed by atoms with Crippen LogP contribution in [0.1, 0.15) is 32.1 Å². The maximum absolute atomic E-state index is 9.71. The average molecular weight is 257 g/mol. The van der Waals surface area contributed by atoms with Gasteiger partial charge in [0.05, 0.1) is 29.4 Å². The molecule has 1 aliphatic rings. The summed E-state index contributed by atoms with van der Waals surface area (Å²) in [5.41, 5.74) is 1.57. The van der Waals surface area contributed by atoms with Gasteiger partial charge in [-0.3, -0.25) is 4.98 Å². The summed E-state index contributed by atoms with van der Waals surface area (Å²) in [5, 5.41) is 13.1. The summed E-state index contributed by atoms with van der Waals surface area (Å²) in [6, 6.07) is 7.83. The molecule has 0 saturated heterocycles. The number of benzene rings is 1. The van der Waals surface area contributed by atoms with Crippen molar-refractivity contribution >= 4 is 16.9 Å². The second kappa shape index (κ2) is 5.13. The van der Waals surface area contributed by atoms with Gasteiger partial charge in [-0.2, -0.15) is 0 Å². The van der Waals surface area contributed by atoms with Crippen LogP contribution in [0, 0.1) is 0 Å². The maximum Gasteiger partial charge on any atom is 0.145 e. The molecule has 1 aromatic carbocycles. The molecule has 1 fully saturated rings. The van der Waals surface area contributed by atoms with E-state index in [2.05, 4.69) is 15.3 Å². The van der Waals surface area contributed by atoms with E-state index in [4.69, 9.17) is 0 Å². The Morgan fingerprint density at radius 3 is 2.58 bits per heavy atom. The molecule has 1 saturated carbocycles. The van der Waals surface area contributed by atoms with Crippen LogP contribution in [0.25, 0.3) is 11.0 Å². The maximum atomic E-state index is 9.71. The molecule has 0 spiro atoms. The van der Waals surface area contributed by atoms with Gasteiger partial charge in [-0.1, -0.05) is 31.4 Å². The van der Waals surface area contributed by atoms with Gasteiger partial charge in [0.2, 0.25) is 0 Å². The van der Waals surface area contributed by atoms with Crippen LogP contribution >= 0.6 is 0 Å². The van der Waals surface area contributed by atoms with Gasteiger partial charge in [0.25, 0.3) is 0 Å². The molecule has 100 valence electrons. The number of rotatable bonds is 3. The number of para-hydroxylation sites is 2. The summed E-state index contributed by atoms with van der Waals surface area (Å²) in [5.74, 6) is 0.759. The molecule has 1 aliphatic carbocycles. The van der Waals surface area contributed by atoms with Gasteiger partial charge in [-0.05, 0) is 25.0 Å². The van der Waals surface area contributed by atoms with Gasteiger partial charge in [-0.25, -0.2) is 4.98 Å². The van der Waals surface area contributed by atoms with Crippen LogP contribution in [0.3, 0.4) is 0 Å². The first-order valence-corrected chi connectivity index (χ1v) is 6.92. The van der Waals surface area contributed by atoms with E-state index in [1.54, 1.807) is 6.20 Å². The zero-order chi connectivity index (χ0) is 13.1. The molecule has 3 rings (SSSR count). The van der Waals surface area contributed by atoms with E-state index < -0.39 is 0 Å². The van der Waals surface area contributed by atoms with Gasteiger partial charge in [-0.15, -0.1) is 0 Å². The Bertz CT molecular complexity index is 564. The second-order valence-electron chi connectivity index (χ2n) is 5.37. The molecule has 1 heterocycles. The Morgan fingerprint density at radius 1 is 1.11 bits per heavy atom. The lowest BCUT2D eigenvalue weighted by atomic mass is 9.82. The quantitative estimate of drug-likeness (QED) is 0.887. The van der Waals surface area contributed by atoms with Crippen molar-refractivity contribution in [1.82, 2.24) is 9.97 Å². The van der Waals surface area contributed by atoms with Crippen molar-refractivity contribution in [2.75, 3.05) is 11.9 Å². The van der Waals surface area contributed by atoms with Crippen LogP contribution in [-0.2, 0) is 0 Å². The highest BCUT2D eigenvalue weighted by molar-refractivity contribution is 5.75. The van der Waals surface area contributed by atoms with Crippen molar-refractivity contribution < 1.29 is 5.11 Å². The van der Waals surface area contributed by atoms with Crippen molar-refractivity contribution in [2.45, 2.75) is 37.6 Å². The highest BCUT2D eigenvalue weighted by Gasteiger charge is 2.31. The van der Waals surface area contributed by atoms with Crippen molar-refractivity contribution in [3.05, 3.63) is 30.5 Å². The highest BCUT2D eigenvalue weighted by Crippen LogP contribution is 2.30. The SMILES string of the molecule is OCC1(Nc2cnc3ccccc3n2)CCCCC1. The lowest BCUT2D eigenvalue weighted by molar-refractivity contribution is 0.172. The Labute approximate surface area is 112 Å². The lowest BCUT2D eigenvalue weighted by Crippen LogP contribution is -2.44. The number of aliphatic hydroxyl groups is 1. The first kappa shape index (κ1) is 12.4. The first-order chi connectivity index (χ1) is 9.31. The molecule has 0 bridgehead atoms. The molecule has 19 heavy (non-hydrogen) atoms. The van der Waals surface area contributed by atoms with Gasteiger partial charge >= 0.3 is 0 Å². The Morgan fingerprint density at radius 2 is 1.84 bits per heavy atom. The van der Waals surface area contributed by atoms with E-state index >= 15 is 0 Å². The molecule has 2 N–H and O–H groups in total. The standard InChI is InChI=1S/C15H19N3O/c19-11-15(8-4-1-5-9-15)18-14-10-16-12-6-2-3-7-13(12)17-14/h2-3,6-7,10,19H,1,4-5,8-9,11H2,(H,17,18). The number of aromatic nitrogens is 2. The highest BCUT2D eigenvalue weighted by atomic mass is 16.3. The van der Waals surface area contributed by atoms with Gasteiger partial charge in [0, 0.05) is 0 Å². The third-order valence-electron chi connectivity index (χ3n) is 3.96. The Kier molecular flexibility index (Phi) is 3.34. The molecule has 4 nitrogen and oxygen atoms in total. The third kappa shape index (κ3) is 2.54. The molecule has 0 aliphatic heterocycles. The minimum absolute atomic E-state index is 0.154. The Hall–Kier alpha value is -1.68. The van der Waals surface area contributed by atoms with Crippen LogP contribution in [0.15, 0.2) is 30.5 Å². The summed E-state index contributed by atoms with van der Waals surface area (Å²) in [6.45, 7) is 0.154. The number of nitrogens with one attached hydrogen (secondary N) is 1. The number of hydrogen-bond donors (Lipinski definition) is 2. The monoisotopic (exact) mass is 257 g/mol. The van der Waals surface area contributed by atoms with Crippen molar-refractivity contribution in [1.29, 1.82) is 0 Å². The van der Waals surface area contributed by atoms with E-state index in [9.17, 15) is 5.11 Å². The number of aliphatic hydroxyl groups excluding tert-OH is 1. The molecule has 1 aromatic heterocycles. The number of hydrogen-bond acceptors (Lipinski definition) is 4. The summed E-state index contributed by atoms with van der Waals surface area (Å²) < 4.78 is 0. The van der Waals surface area contributed by atoms with Crippen molar-refractivity contribution in [3.8, 4) is 0 Å². The van der Waals surface area contributed by atoms with E-state index in [0.29, 0.717) is 0 Å². The molecule has 0 atom stereocenters. The zero-order valence-corrected chi connectivity index (χ0v) is 11.0. The fourth-order valence-corrected chi connectivity index (χ4v) is 2.84. The topological polar surface area (TPSA) is 58.0 Å². The molecule has 0 unspecified atom stereocenters. The average Bonchev–Trinajstić information content (AvgIpc) is 2.48. The molecular weight excluding hydrogens is 238 g/mol. The van der Waals surface area contributed by atoms with Crippen molar-refractivity contribution in [2.24, 2.45) is 0 Å². The van der Waals surface area contributed by atoms with Crippen molar-refractivity contribution in [3.63, 3.8) is 0 Å².